The fraction of sp³-hybridized carbons (Fsp3) is 0.212. The van der Waals surface area contributed by atoms with Crippen molar-refractivity contribution in [2.45, 2.75) is 30.8 Å². The number of ether oxygens (including phenoxy) is 1. The van der Waals surface area contributed by atoms with Gasteiger partial charge in [0.05, 0.1) is 17.2 Å². The lowest BCUT2D eigenvalue weighted by Crippen LogP contribution is -2.53. The van der Waals surface area contributed by atoms with Crippen LogP contribution in [0.15, 0.2) is 112 Å². The summed E-state index contributed by atoms with van der Waals surface area (Å²) in [6.45, 7) is 1.61. The summed E-state index contributed by atoms with van der Waals surface area (Å²) >= 11 is 3.33. The lowest BCUT2D eigenvalue weighted by Gasteiger charge is -2.33. The van der Waals surface area contributed by atoms with Crippen molar-refractivity contribution in [3.8, 4) is 5.75 Å². The van der Waals surface area contributed by atoms with Crippen molar-refractivity contribution in [1.82, 2.24) is 10.2 Å². The number of amides is 2. The Morgan fingerprint density at radius 1 is 0.886 bits per heavy atom. The van der Waals surface area contributed by atoms with E-state index in [0.717, 1.165) is 9.87 Å². The van der Waals surface area contributed by atoms with E-state index in [9.17, 15) is 22.4 Å². The van der Waals surface area contributed by atoms with Gasteiger partial charge in [-0.05, 0) is 78.7 Å². The first kappa shape index (κ1) is 32.7. The largest absolute Gasteiger partial charge is 0.494 e. The Morgan fingerprint density at radius 3 is 2.11 bits per heavy atom. The van der Waals surface area contributed by atoms with Crippen LogP contribution in [-0.2, 0) is 32.6 Å². The number of benzene rings is 4. The van der Waals surface area contributed by atoms with Crippen molar-refractivity contribution in [2.24, 2.45) is 0 Å². The Hall–Kier alpha value is -4.22. The standard InChI is InChI=1S/C33H33BrFN3O5S/c1-3-43-29-17-15-28(16-18-29)38(44(41,42)30-19-11-26(34)12-20-30)23-32(39)37(22-25-9-13-27(35)14-10-25)31(33(40)36-2)21-24-7-5-4-6-8-24/h4-20,31H,3,21-23H2,1-2H3,(H,36,40). The Balaban J connectivity index is 1.78. The maximum absolute atomic E-state index is 14.3. The van der Waals surface area contributed by atoms with Gasteiger partial charge in [0.15, 0.2) is 0 Å². The lowest BCUT2D eigenvalue weighted by molar-refractivity contribution is -0.139. The predicted octanol–water partition coefficient (Wildman–Crippen LogP) is 5.57. The first-order chi connectivity index (χ1) is 21.1. The molecule has 0 radical (unpaired) electrons. The molecule has 0 aromatic heterocycles. The lowest BCUT2D eigenvalue weighted by atomic mass is 10.0. The summed E-state index contributed by atoms with van der Waals surface area (Å²) in [5, 5.41) is 2.64. The van der Waals surface area contributed by atoms with Gasteiger partial charge >= 0.3 is 0 Å². The second kappa shape index (κ2) is 15.0. The zero-order valence-electron chi connectivity index (χ0n) is 24.3. The molecule has 0 heterocycles. The zero-order valence-corrected chi connectivity index (χ0v) is 26.7. The molecule has 0 aliphatic heterocycles. The molecule has 0 saturated carbocycles. The van der Waals surface area contributed by atoms with Crippen LogP contribution in [-0.4, -0.2) is 51.4 Å². The van der Waals surface area contributed by atoms with Crippen molar-refractivity contribution >= 4 is 43.5 Å². The minimum Gasteiger partial charge on any atom is -0.494 e. The fourth-order valence-electron chi connectivity index (χ4n) is 4.64. The highest BCUT2D eigenvalue weighted by atomic mass is 79.9. The highest BCUT2D eigenvalue weighted by Gasteiger charge is 2.34. The van der Waals surface area contributed by atoms with Crippen molar-refractivity contribution in [1.29, 1.82) is 0 Å². The van der Waals surface area contributed by atoms with E-state index in [2.05, 4.69) is 21.2 Å². The number of hydrogen-bond donors (Lipinski definition) is 1. The maximum Gasteiger partial charge on any atom is 0.264 e. The quantitative estimate of drug-likeness (QED) is 0.199. The summed E-state index contributed by atoms with van der Waals surface area (Å²) in [5.41, 5.74) is 1.62. The molecule has 11 heteroatoms. The SMILES string of the molecule is CCOc1ccc(N(CC(=O)N(Cc2ccc(F)cc2)C(Cc2ccccc2)C(=O)NC)S(=O)(=O)c2ccc(Br)cc2)cc1. The molecule has 1 N–H and O–H groups in total. The molecule has 2 amide bonds. The summed E-state index contributed by atoms with van der Waals surface area (Å²) in [6, 6.07) is 26.3. The molecule has 0 saturated heterocycles. The smallest absolute Gasteiger partial charge is 0.264 e. The van der Waals surface area contributed by atoms with E-state index in [1.165, 1.54) is 48.3 Å². The van der Waals surface area contributed by atoms with Gasteiger partial charge in [-0.1, -0.05) is 58.4 Å². The van der Waals surface area contributed by atoms with Crippen LogP contribution < -0.4 is 14.4 Å². The highest BCUT2D eigenvalue weighted by molar-refractivity contribution is 9.10. The summed E-state index contributed by atoms with van der Waals surface area (Å²) < 4.78 is 49.1. The van der Waals surface area contributed by atoms with Crippen molar-refractivity contribution in [3.63, 3.8) is 0 Å². The molecular formula is C33H33BrFN3O5S. The summed E-state index contributed by atoms with van der Waals surface area (Å²) in [5.74, 6) is -0.939. The van der Waals surface area contributed by atoms with Gasteiger partial charge < -0.3 is 15.0 Å². The van der Waals surface area contributed by atoms with Crippen molar-refractivity contribution in [2.75, 3.05) is 24.5 Å². The van der Waals surface area contributed by atoms with Gasteiger partial charge in [-0.25, -0.2) is 12.8 Å². The van der Waals surface area contributed by atoms with E-state index in [-0.39, 0.29) is 23.5 Å². The Kier molecular flexibility index (Phi) is 11.1. The third kappa shape index (κ3) is 8.23. The second-order valence-electron chi connectivity index (χ2n) is 9.86. The van der Waals surface area contributed by atoms with Crippen LogP contribution in [0.1, 0.15) is 18.1 Å². The molecule has 8 nitrogen and oxygen atoms in total. The molecule has 0 aliphatic rings. The number of halogens is 2. The molecule has 1 atom stereocenters. The van der Waals surface area contributed by atoms with Gasteiger partial charge in [0.2, 0.25) is 11.8 Å². The highest BCUT2D eigenvalue weighted by Crippen LogP contribution is 2.28. The van der Waals surface area contributed by atoms with Crippen LogP contribution in [0.4, 0.5) is 10.1 Å². The fourth-order valence-corrected chi connectivity index (χ4v) is 6.32. The van der Waals surface area contributed by atoms with Crippen LogP contribution in [0.2, 0.25) is 0 Å². The molecule has 4 aromatic carbocycles. The van der Waals surface area contributed by atoms with Gasteiger partial charge in [-0.15, -0.1) is 0 Å². The van der Waals surface area contributed by atoms with Gasteiger partial charge in [0, 0.05) is 24.5 Å². The number of rotatable bonds is 13. The summed E-state index contributed by atoms with van der Waals surface area (Å²) in [7, 11) is -2.76. The van der Waals surface area contributed by atoms with Crippen LogP contribution in [0, 0.1) is 5.82 Å². The van der Waals surface area contributed by atoms with E-state index in [1.807, 2.05) is 37.3 Å². The van der Waals surface area contributed by atoms with Gasteiger partial charge in [-0.3, -0.25) is 13.9 Å². The number of likely N-dealkylation sites (N-methyl/N-ethyl adjacent to an activating group) is 1. The number of nitrogens with zero attached hydrogens (tertiary/aromatic N) is 2. The Labute approximate surface area is 265 Å². The number of carbonyl (C=O) groups is 2. The van der Waals surface area contributed by atoms with Crippen LogP contribution in [0.3, 0.4) is 0 Å². The number of carbonyl (C=O) groups excluding carboxylic acids is 2. The van der Waals surface area contributed by atoms with Crippen molar-refractivity contribution < 1.29 is 27.1 Å². The third-order valence-electron chi connectivity index (χ3n) is 6.90. The minimum absolute atomic E-state index is 0.0143. The van der Waals surface area contributed by atoms with Crippen LogP contribution >= 0.6 is 15.9 Å². The number of nitrogens with one attached hydrogen (secondary N) is 1. The van der Waals surface area contributed by atoms with E-state index in [4.69, 9.17) is 4.74 Å². The maximum atomic E-state index is 14.3. The van der Waals surface area contributed by atoms with Crippen LogP contribution in [0.25, 0.3) is 0 Å². The first-order valence-electron chi connectivity index (χ1n) is 13.9. The molecule has 0 fully saturated rings. The topological polar surface area (TPSA) is 96.0 Å². The van der Waals surface area contributed by atoms with Crippen molar-refractivity contribution in [3.05, 3.63) is 125 Å². The average molecular weight is 683 g/mol. The minimum atomic E-state index is -4.24. The molecule has 44 heavy (non-hydrogen) atoms. The van der Waals surface area contributed by atoms with Gasteiger partial charge in [0.25, 0.3) is 10.0 Å². The molecule has 0 aliphatic carbocycles. The van der Waals surface area contributed by atoms with Gasteiger partial charge in [-0.2, -0.15) is 0 Å². The molecule has 0 spiro atoms. The van der Waals surface area contributed by atoms with E-state index in [1.54, 1.807) is 36.4 Å². The second-order valence-corrected chi connectivity index (χ2v) is 12.6. The van der Waals surface area contributed by atoms with E-state index < -0.39 is 40.2 Å². The number of hydrogen-bond acceptors (Lipinski definition) is 5. The van der Waals surface area contributed by atoms with Crippen LogP contribution in [0.5, 0.6) is 5.75 Å². The molecule has 230 valence electrons. The predicted molar refractivity (Wildman–Crippen MR) is 171 cm³/mol. The molecule has 0 bridgehead atoms. The monoisotopic (exact) mass is 681 g/mol. The zero-order chi connectivity index (χ0) is 31.7. The number of anilines is 1. The molecule has 1 unspecified atom stereocenters. The van der Waals surface area contributed by atoms with Gasteiger partial charge in [0.1, 0.15) is 24.2 Å². The normalized spacial score (nSPS) is 11.8. The van der Waals surface area contributed by atoms with E-state index in [0.29, 0.717) is 22.4 Å². The third-order valence-corrected chi connectivity index (χ3v) is 9.22. The first-order valence-corrected chi connectivity index (χ1v) is 16.2. The average Bonchev–Trinajstić information content (AvgIpc) is 3.03. The Bertz CT molecular complexity index is 1650. The molecule has 4 aromatic rings. The Morgan fingerprint density at radius 2 is 1.52 bits per heavy atom. The summed E-state index contributed by atoms with van der Waals surface area (Å²) in [4.78, 5) is 28.9. The molecular weight excluding hydrogens is 649 g/mol. The molecule has 4 rings (SSSR count). The van der Waals surface area contributed by atoms with E-state index >= 15 is 0 Å². The summed E-state index contributed by atoms with van der Waals surface area (Å²) in [6.07, 6.45) is 0.177. The number of sulfonamides is 1.